The van der Waals surface area contributed by atoms with Crippen LogP contribution in [0.3, 0.4) is 0 Å². The fourth-order valence-corrected chi connectivity index (χ4v) is 2.65. The SMILES string of the molecule is Nc1cc(C(=O)O)c(NCC2(C3CC3)CC2)cn1. The Labute approximate surface area is 105 Å². The number of pyridine rings is 1. The van der Waals surface area contributed by atoms with Crippen molar-refractivity contribution >= 4 is 17.5 Å². The number of carboxylic acid groups (broad SMARTS) is 1. The standard InChI is InChI=1S/C13H17N3O2/c14-11-5-9(12(17)18)10(6-15-11)16-7-13(3-4-13)8-1-2-8/h5-6,8,16H,1-4,7H2,(H2,14,15)(H,17,18). The van der Waals surface area contributed by atoms with Crippen LogP contribution >= 0.6 is 0 Å². The zero-order valence-electron chi connectivity index (χ0n) is 10.1. The van der Waals surface area contributed by atoms with Gasteiger partial charge in [-0.05, 0) is 43.1 Å². The largest absolute Gasteiger partial charge is 0.478 e. The third-order valence-corrected chi connectivity index (χ3v) is 4.12. The van der Waals surface area contributed by atoms with Crippen LogP contribution in [0.25, 0.3) is 0 Å². The van der Waals surface area contributed by atoms with Gasteiger partial charge >= 0.3 is 5.97 Å². The summed E-state index contributed by atoms with van der Waals surface area (Å²) in [6, 6.07) is 1.40. The van der Waals surface area contributed by atoms with E-state index in [1.54, 1.807) is 0 Å². The fraction of sp³-hybridized carbons (Fsp3) is 0.538. The molecule has 5 heteroatoms. The normalized spacial score (nSPS) is 20.4. The third kappa shape index (κ3) is 2.00. The van der Waals surface area contributed by atoms with Gasteiger partial charge in [0.15, 0.2) is 0 Å². The molecule has 2 fully saturated rings. The Kier molecular flexibility index (Phi) is 2.43. The van der Waals surface area contributed by atoms with E-state index in [1.165, 1.54) is 37.9 Å². The lowest BCUT2D eigenvalue weighted by Gasteiger charge is -2.17. The Balaban J connectivity index is 1.74. The van der Waals surface area contributed by atoms with Crippen LogP contribution in [0.4, 0.5) is 11.5 Å². The van der Waals surface area contributed by atoms with Crippen molar-refractivity contribution in [2.45, 2.75) is 25.7 Å². The van der Waals surface area contributed by atoms with Gasteiger partial charge in [-0.15, -0.1) is 0 Å². The Morgan fingerprint density at radius 2 is 2.28 bits per heavy atom. The zero-order valence-corrected chi connectivity index (χ0v) is 10.1. The number of nitrogens with two attached hydrogens (primary N) is 1. The molecule has 1 heterocycles. The quantitative estimate of drug-likeness (QED) is 0.740. The average molecular weight is 247 g/mol. The van der Waals surface area contributed by atoms with E-state index in [0.29, 0.717) is 11.1 Å². The number of nitrogen functional groups attached to an aromatic ring is 1. The van der Waals surface area contributed by atoms with Crippen LogP contribution in [0.2, 0.25) is 0 Å². The molecule has 2 saturated carbocycles. The molecule has 3 rings (SSSR count). The van der Waals surface area contributed by atoms with Crippen molar-refractivity contribution in [1.82, 2.24) is 4.98 Å². The number of carbonyl (C=O) groups is 1. The van der Waals surface area contributed by atoms with E-state index in [4.69, 9.17) is 10.8 Å². The first-order chi connectivity index (χ1) is 8.61. The van der Waals surface area contributed by atoms with Crippen LogP contribution in [0.5, 0.6) is 0 Å². The van der Waals surface area contributed by atoms with E-state index in [2.05, 4.69) is 10.3 Å². The maximum Gasteiger partial charge on any atom is 0.337 e. The van der Waals surface area contributed by atoms with E-state index < -0.39 is 5.97 Å². The van der Waals surface area contributed by atoms with Crippen LogP contribution in [-0.2, 0) is 0 Å². The van der Waals surface area contributed by atoms with Crippen molar-refractivity contribution in [3.05, 3.63) is 17.8 Å². The molecule has 2 aliphatic rings. The Morgan fingerprint density at radius 1 is 1.56 bits per heavy atom. The lowest BCUT2D eigenvalue weighted by molar-refractivity contribution is 0.0698. The van der Waals surface area contributed by atoms with Gasteiger partial charge in [-0.1, -0.05) is 0 Å². The molecule has 0 atom stereocenters. The second-order valence-corrected chi connectivity index (χ2v) is 5.45. The molecule has 96 valence electrons. The topological polar surface area (TPSA) is 88.2 Å². The third-order valence-electron chi connectivity index (χ3n) is 4.12. The lowest BCUT2D eigenvalue weighted by Crippen LogP contribution is -2.19. The lowest BCUT2D eigenvalue weighted by atomic mass is 10.0. The zero-order chi connectivity index (χ0) is 12.8. The van der Waals surface area contributed by atoms with E-state index in [-0.39, 0.29) is 11.4 Å². The van der Waals surface area contributed by atoms with Crippen LogP contribution in [-0.4, -0.2) is 22.6 Å². The van der Waals surface area contributed by atoms with Gasteiger partial charge < -0.3 is 16.2 Å². The minimum Gasteiger partial charge on any atom is -0.478 e. The highest BCUT2D eigenvalue weighted by molar-refractivity contribution is 5.94. The molecule has 0 aromatic carbocycles. The molecule has 0 spiro atoms. The highest BCUT2D eigenvalue weighted by Crippen LogP contribution is 2.61. The fourth-order valence-electron chi connectivity index (χ4n) is 2.65. The smallest absolute Gasteiger partial charge is 0.337 e. The maximum absolute atomic E-state index is 11.1. The average Bonchev–Trinajstić information content (AvgIpc) is 3.19. The van der Waals surface area contributed by atoms with Crippen LogP contribution in [0.1, 0.15) is 36.0 Å². The molecule has 0 saturated heterocycles. The van der Waals surface area contributed by atoms with E-state index in [1.807, 2.05) is 0 Å². The summed E-state index contributed by atoms with van der Waals surface area (Å²) < 4.78 is 0. The van der Waals surface area contributed by atoms with Gasteiger partial charge in [-0.3, -0.25) is 0 Å². The predicted molar refractivity (Wildman–Crippen MR) is 68.5 cm³/mol. The van der Waals surface area contributed by atoms with Crippen molar-refractivity contribution in [3.63, 3.8) is 0 Å². The number of anilines is 2. The van der Waals surface area contributed by atoms with Crippen molar-refractivity contribution in [3.8, 4) is 0 Å². The molecular formula is C13H17N3O2. The summed E-state index contributed by atoms with van der Waals surface area (Å²) >= 11 is 0. The number of hydrogen-bond acceptors (Lipinski definition) is 4. The summed E-state index contributed by atoms with van der Waals surface area (Å²) in [6.45, 7) is 0.851. The van der Waals surface area contributed by atoms with E-state index >= 15 is 0 Å². The Morgan fingerprint density at radius 3 is 2.83 bits per heavy atom. The highest BCUT2D eigenvalue weighted by Gasteiger charge is 2.53. The van der Waals surface area contributed by atoms with E-state index in [0.717, 1.165) is 12.5 Å². The minimum absolute atomic E-state index is 0.203. The highest BCUT2D eigenvalue weighted by atomic mass is 16.4. The minimum atomic E-state index is -0.970. The summed E-state index contributed by atoms with van der Waals surface area (Å²) in [5.74, 6) is 0.115. The molecule has 2 aliphatic carbocycles. The summed E-state index contributed by atoms with van der Waals surface area (Å²) in [5, 5.41) is 12.4. The molecule has 0 bridgehead atoms. The number of rotatable bonds is 5. The first-order valence-electron chi connectivity index (χ1n) is 6.33. The molecule has 5 nitrogen and oxygen atoms in total. The summed E-state index contributed by atoms with van der Waals surface area (Å²) in [6.07, 6.45) is 6.69. The number of nitrogens with zero attached hydrogens (tertiary/aromatic N) is 1. The van der Waals surface area contributed by atoms with Crippen molar-refractivity contribution in [2.24, 2.45) is 11.3 Å². The van der Waals surface area contributed by atoms with Crippen LogP contribution in [0, 0.1) is 11.3 Å². The van der Waals surface area contributed by atoms with Gasteiger partial charge in [0.25, 0.3) is 0 Å². The number of carboxylic acids is 1. The molecule has 1 aromatic rings. The molecule has 0 amide bonds. The molecule has 1 aromatic heterocycles. The molecule has 0 radical (unpaired) electrons. The first kappa shape index (κ1) is 11.3. The van der Waals surface area contributed by atoms with Crippen molar-refractivity contribution in [1.29, 1.82) is 0 Å². The number of nitrogens with one attached hydrogen (secondary N) is 1. The van der Waals surface area contributed by atoms with Crippen LogP contribution in [0.15, 0.2) is 12.3 Å². The van der Waals surface area contributed by atoms with Crippen molar-refractivity contribution < 1.29 is 9.90 Å². The number of aromatic nitrogens is 1. The first-order valence-corrected chi connectivity index (χ1v) is 6.33. The molecule has 0 unspecified atom stereocenters. The van der Waals surface area contributed by atoms with Gasteiger partial charge in [0, 0.05) is 6.54 Å². The van der Waals surface area contributed by atoms with Crippen molar-refractivity contribution in [2.75, 3.05) is 17.6 Å². The molecule has 0 aliphatic heterocycles. The number of aromatic carboxylic acids is 1. The Bertz CT molecular complexity index is 493. The number of hydrogen-bond donors (Lipinski definition) is 3. The Hall–Kier alpha value is -1.78. The van der Waals surface area contributed by atoms with Gasteiger partial charge in [-0.2, -0.15) is 0 Å². The van der Waals surface area contributed by atoms with Gasteiger partial charge in [0.1, 0.15) is 5.82 Å². The van der Waals surface area contributed by atoms with Gasteiger partial charge in [-0.25, -0.2) is 9.78 Å². The molecule has 18 heavy (non-hydrogen) atoms. The maximum atomic E-state index is 11.1. The van der Waals surface area contributed by atoms with Gasteiger partial charge in [0.2, 0.25) is 0 Å². The summed E-state index contributed by atoms with van der Waals surface area (Å²) in [4.78, 5) is 15.1. The monoisotopic (exact) mass is 247 g/mol. The van der Waals surface area contributed by atoms with E-state index in [9.17, 15) is 4.79 Å². The second kappa shape index (κ2) is 3.86. The predicted octanol–water partition coefficient (Wildman–Crippen LogP) is 1.96. The summed E-state index contributed by atoms with van der Waals surface area (Å²) in [5.41, 5.74) is 6.72. The summed E-state index contributed by atoms with van der Waals surface area (Å²) in [7, 11) is 0. The van der Waals surface area contributed by atoms with Crippen LogP contribution < -0.4 is 11.1 Å². The second-order valence-electron chi connectivity index (χ2n) is 5.45. The molecule has 4 N–H and O–H groups in total. The molecular weight excluding hydrogens is 230 g/mol. The van der Waals surface area contributed by atoms with Gasteiger partial charge in [0.05, 0.1) is 17.4 Å².